The highest BCUT2D eigenvalue weighted by molar-refractivity contribution is 6.79. The van der Waals surface area contributed by atoms with Crippen LogP contribution >= 0.6 is 0 Å². The smallest absolute Gasteiger partial charge is 0.333 e. The van der Waals surface area contributed by atoms with Crippen molar-refractivity contribution in [2.45, 2.75) is 116 Å². The van der Waals surface area contributed by atoms with Crippen LogP contribution < -0.4 is 0 Å². The summed E-state index contributed by atoms with van der Waals surface area (Å²) in [5, 5.41) is 0. The van der Waals surface area contributed by atoms with Crippen LogP contribution in [0, 0.1) is 0 Å². The third-order valence-corrected chi connectivity index (χ3v) is 11.8. The summed E-state index contributed by atoms with van der Waals surface area (Å²) < 4.78 is 16.3. The number of ether oxygens (including phenoxy) is 3. The van der Waals surface area contributed by atoms with E-state index in [2.05, 4.69) is 27.4 Å². The molecule has 0 fully saturated rings. The molecule has 0 heterocycles. The zero-order valence-electron chi connectivity index (χ0n) is 21.3. The van der Waals surface area contributed by atoms with E-state index < -0.39 is 8.07 Å². The van der Waals surface area contributed by atoms with E-state index in [-0.39, 0.29) is 12.6 Å². The van der Waals surface area contributed by atoms with Crippen LogP contribution in [0.2, 0.25) is 24.2 Å². The lowest BCUT2D eigenvalue weighted by Gasteiger charge is -2.33. The molecule has 184 valence electrons. The normalized spacial score (nSPS) is 11.6. The molecule has 0 N–H and O–H groups in total. The fraction of sp³-hybridized carbons (Fsp3) is 0.885. The average Bonchev–Trinajstić information content (AvgIpc) is 2.75. The van der Waals surface area contributed by atoms with Crippen molar-refractivity contribution in [1.82, 2.24) is 0 Å². The maximum Gasteiger partial charge on any atom is 0.333 e. The van der Waals surface area contributed by atoms with Gasteiger partial charge in [0.1, 0.15) is 6.61 Å². The van der Waals surface area contributed by atoms with Crippen molar-refractivity contribution in [2.24, 2.45) is 0 Å². The first-order valence-electron chi connectivity index (χ1n) is 13.0. The Labute approximate surface area is 194 Å². The van der Waals surface area contributed by atoms with E-state index in [1.54, 1.807) is 6.92 Å². The molecule has 0 aliphatic rings. The predicted molar refractivity (Wildman–Crippen MR) is 136 cm³/mol. The minimum atomic E-state index is -1.18. The Bertz CT molecular complexity index is 413. The summed E-state index contributed by atoms with van der Waals surface area (Å²) in [6.07, 6.45) is 13.7. The minimum absolute atomic E-state index is 0.271. The van der Waals surface area contributed by atoms with Crippen molar-refractivity contribution in [3.63, 3.8) is 0 Å². The fourth-order valence-electron chi connectivity index (χ4n) is 4.19. The van der Waals surface area contributed by atoms with E-state index in [1.165, 1.54) is 88.4 Å². The molecule has 0 aromatic carbocycles. The van der Waals surface area contributed by atoms with Crippen molar-refractivity contribution in [3.05, 3.63) is 12.2 Å². The lowest BCUT2D eigenvalue weighted by atomic mass is 10.3. The molecule has 0 atom stereocenters. The van der Waals surface area contributed by atoms with Crippen LogP contribution in [-0.2, 0) is 19.0 Å². The Hall–Kier alpha value is -0.653. The number of unbranched alkanes of at least 4 members (excludes halogenated alkanes) is 6. The monoisotopic (exact) mass is 456 g/mol. The second-order valence-electron chi connectivity index (χ2n) is 9.12. The standard InChI is InChI=1S/C26H52O4Si/c1-6-9-12-21-31(22-13-10-7-2,23-14-11-8-3)24-15-16-28-17-18-29-19-20-30-26(27)25(4)5/h4,6-24H2,1-3,5H3. The zero-order chi connectivity index (χ0) is 23.2. The molecule has 0 unspecified atom stereocenters. The van der Waals surface area contributed by atoms with Gasteiger partial charge in [0.25, 0.3) is 0 Å². The van der Waals surface area contributed by atoms with Crippen molar-refractivity contribution < 1.29 is 19.0 Å². The van der Waals surface area contributed by atoms with Crippen molar-refractivity contribution in [1.29, 1.82) is 0 Å². The number of rotatable bonds is 23. The number of esters is 1. The van der Waals surface area contributed by atoms with E-state index in [4.69, 9.17) is 14.2 Å². The molecule has 0 saturated carbocycles. The Morgan fingerprint density at radius 1 is 0.645 bits per heavy atom. The van der Waals surface area contributed by atoms with Gasteiger partial charge in [-0.2, -0.15) is 0 Å². The maximum absolute atomic E-state index is 11.3. The molecule has 0 aliphatic heterocycles. The van der Waals surface area contributed by atoms with Crippen LogP contribution in [0.15, 0.2) is 12.2 Å². The first-order valence-corrected chi connectivity index (χ1v) is 15.8. The molecule has 0 aromatic heterocycles. The lowest BCUT2D eigenvalue weighted by molar-refractivity contribution is -0.140. The Balaban J connectivity index is 4.21. The van der Waals surface area contributed by atoms with E-state index >= 15 is 0 Å². The maximum atomic E-state index is 11.3. The highest BCUT2D eigenvalue weighted by Gasteiger charge is 2.30. The van der Waals surface area contributed by atoms with Crippen LogP contribution in [0.5, 0.6) is 0 Å². The van der Waals surface area contributed by atoms with E-state index in [0.29, 0.717) is 25.4 Å². The average molecular weight is 457 g/mol. The first kappa shape index (κ1) is 30.3. The molecule has 0 bridgehead atoms. The van der Waals surface area contributed by atoms with Crippen molar-refractivity contribution in [2.75, 3.05) is 33.0 Å². The molecule has 31 heavy (non-hydrogen) atoms. The number of carbonyl (C=O) groups excluding carboxylic acids is 1. The largest absolute Gasteiger partial charge is 0.460 e. The molecule has 0 radical (unpaired) electrons. The topological polar surface area (TPSA) is 44.8 Å². The summed E-state index contributed by atoms with van der Waals surface area (Å²) in [7, 11) is -1.18. The Morgan fingerprint density at radius 3 is 1.52 bits per heavy atom. The molecular formula is C26H52O4Si. The summed E-state index contributed by atoms with van der Waals surface area (Å²) in [6.45, 7) is 14.8. The Morgan fingerprint density at radius 2 is 1.06 bits per heavy atom. The molecule has 5 heteroatoms. The number of hydrogen-bond acceptors (Lipinski definition) is 4. The summed E-state index contributed by atoms with van der Waals surface area (Å²) in [5.41, 5.74) is 0.419. The summed E-state index contributed by atoms with van der Waals surface area (Å²) in [5.74, 6) is -0.357. The SMILES string of the molecule is C=C(C)C(=O)OCCOCCOCCC[Si](CCCCC)(CCCCC)CCCCC. The van der Waals surface area contributed by atoms with Gasteiger partial charge in [0, 0.05) is 12.2 Å². The van der Waals surface area contributed by atoms with Gasteiger partial charge >= 0.3 is 5.97 Å². The summed E-state index contributed by atoms with van der Waals surface area (Å²) in [6, 6.07) is 6.02. The van der Waals surface area contributed by atoms with Gasteiger partial charge in [-0.1, -0.05) is 109 Å². The van der Waals surface area contributed by atoms with Crippen molar-refractivity contribution in [3.8, 4) is 0 Å². The minimum Gasteiger partial charge on any atom is -0.460 e. The van der Waals surface area contributed by atoms with Crippen LogP contribution in [-0.4, -0.2) is 47.1 Å². The molecule has 0 saturated heterocycles. The highest BCUT2D eigenvalue weighted by Crippen LogP contribution is 2.34. The van der Waals surface area contributed by atoms with Gasteiger partial charge < -0.3 is 14.2 Å². The quantitative estimate of drug-likeness (QED) is 0.0689. The molecule has 0 aliphatic carbocycles. The Kier molecular flexibility index (Phi) is 20.8. The van der Waals surface area contributed by atoms with Gasteiger partial charge in [-0.15, -0.1) is 0 Å². The summed E-state index contributed by atoms with van der Waals surface area (Å²) in [4.78, 5) is 11.3. The van der Waals surface area contributed by atoms with Crippen LogP contribution in [0.4, 0.5) is 0 Å². The van der Waals surface area contributed by atoms with E-state index in [9.17, 15) is 4.79 Å². The second kappa shape index (κ2) is 21.2. The molecule has 4 nitrogen and oxygen atoms in total. The van der Waals surface area contributed by atoms with Gasteiger partial charge in [-0.25, -0.2) is 4.79 Å². The van der Waals surface area contributed by atoms with E-state index in [1.807, 2.05) is 0 Å². The molecule has 0 aromatic rings. The number of hydrogen-bond donors (Lipinski definition) is 0. The van der Waals surface area contributed by atoms with Crippen LogP contribution in [0.25, 0.3) is 0 Å². The number of carbonyl (C=O) groups is 1. The molecular weight excluding hydrogens is 404 g/mol. The van der Waals surface area contributed by atoms with Crippen molar-refractivity contribution >= 4 is 14.0 Å². The summed E-state index contributed by atoms with van der Waals surface area (Å²) >= 11 is 0. The molecule has 0 amide bonds. The van der Waals surface area contributed by atoms with E-state index in [0.717, 1.165) is 6.61 Å². The third kappa shape index (κ3) is 17.6. The van der Waals surface area contributed by atoms with Gasteiger partial charge in [-0.05, 0) is 13.3 Å². The van der Waals surface area contributed by atoms with Crippen LogP contribution in [0.3, 0.4) is 0 Å². The molecule has 0 rings (SSSR count). The van der Waals surface area contributed by atoms with Crippen LogP contribution in [0.1, 0.15) is 91.9 Å². The first-order chi connectivity index (χ1) is 15.0. The van der Waals surface area contributed by atoms with Gasteiger partial charge in [0.05, 0.1) is 27.9 Å². The lowest BCUT2D eigenvalue weighted by Crippen LogP contribution is -2.34. The second-order valence-corrected chi connectivity index (χ2v) is 14.1. The molecule has 0 spiro atoms. The third-order valence-electron chi connectivity index (χ3n) is 6.11. The van der Waals surface area contributed by atoms with Gasteiger partial charge in [0.15, 0.2) is 0 Å². The highest BCUT2D eigenvalue weighted by atomic mass is 28.3. The van der Waals surface area contributed by atoms with Gasteiger partial charge in [0.2, 0.25) is 0 Å². The predicted octanol–water partition coefficient (Wildman–Crippen LogP) is 7.55. The zero-order valence-corrected chi connectivity index (χ0v) is 22.3. The van der Waals surface area contributed by atoms with Gasteiger partial charge in [-0.3, -0.25) is 0 Å². The fourth-order valence-corrected chi connectivity index (χ4v) is 9.58.